The van der Waals surface area contributed by atoms with Gasteiger partial charge in [-0.1, -0.05) is 6.07 Å². The van der Waals surface area contributed by atoms with Crippen molar-refractivity contribution in [1.29, 1.82) is 0 Å². The van der Waals surface area contributed by atoms with E-state index in [1.807, 2.05) is 0 Å². The summed E-state index contributed by atoms with van der Waals surface area (Å²) in [4.78, 5) is 3.92. The van der Waals surface area contributed by atoms with Gasteiger partial charge in [-0.05, 0) is 35.9 Å². The van der Waals surface area contributed by atoms with E-state index in [2.05, 4.69) is 4.98 Å². The van der Waals surface area contributed by atoms with Crippen LogP contribution in [0.3, 0.4) is 0 Å². The molecule has 0 aliphatic heterocycles. The minimum absolute atomic E-state index is 0.162. The van der Waals surface area contributed by atoms with Crippen molar-refractivity contribution in [2.45, 2.75) is 6.54 Å². The molecular weight excluding hydrogens is 255 g/mol. The molecule has 1 heterocycles. The van der Waals surface area contributed by atoms with Crippen LogP contribution >= 0.6 is 0 Å². The molecule has 0 fully saturated rings. The Morgan fingerprint density at radius 3 is 2.56 bits per heavy atom. The molecule has 1 aromatic heterocycles. The Bertz CT molecular complexity index is 534. The molecule has 0 bridgehead atoms. The highest BCUT2D eigenvalue weighted by Gasteiger charge is 2.08. The molecular formula is C12H10FN2O2S-. The number of pyridine rings is 1. The van der Waals surface area contributed by atoms with Crippen molar-refractivity contribution in [2.75, 3.05) is 4.31 Å². The average molecular weight is 265 g/mol. The van der Waals surface area contributed by atoms with Crippen LogP contribution in [0.5, 0.6) is 0 Å². The van der Waals surface area contributed by atoms with Gasteiger partial charge in [0.15, 0.2) is 0 Å². The van der Waals surface area contributed by atoms with Crippen molar-refractivity contribution in [3.8, 4) is 0 Å². The summed E-state index contributed by atoms with van der Waals surface area (Å²) in [5.41, 5.74) is 1.17. The standard InChI is InChI=1S/C12H11FN2O2S/c13-11-3-5-12(6-4-11)15(18(16)17)9-10-2-1-7-14-8-10/h1-8H,9H2,(H,16,17)/p-1. The van der Waals surface area contributed by atoms with Gasteiger partial charge in [0.05, 0.1) is 6.54 Å². The van der Waals surface area contributed by atoms with Gasteiger partial charge >= 0.3 is 0 Å². The topological polar surface area (TPSA) is 56.3 Å². The van der Waals surface area contributed by atoms with Crippen LogP contribution in [0.15, 0.2) is 48.8 Å². The minimum atomic E-state index is -2.43. The lowest BCUT2D eigenvalue weighted by molar-refractivity contribution is 0.531. The second-order valence-electron chi connectivity index (χ2n) is 3.59. The molecule has 0 aliphatic rings. The fraction of sp³-hybridized carbons (Fsp3) is 0.0833. The van der Waals surface area contributed by atoms with E-state index in [4.69, 9.17) is 0 Å². The van der Waals surface area contributed by atoms with E-state index in [0.29, 0.717) is 5.69 Å². The number of halogens is 1. The molecule has 18 heavy (non-hydrogen) atoms. The summed E-state index contributed by atoms with van der Waals surface area (Å²) in [6.07, 6.45) is 3.20. The van der Waals surface area contributed by atoms with Gasteiger partial charge in [-0.2, -0.15) is 0 Å². The van der Waals surface area contributed by atoms with Crippen molar-refractivity contribution < 1.29 is 13.2 Å². The molecule has 0 aliphatic carbocycles. The molecule has 0 radical (unpaired) electrons. The van der Waals surface area contributed by atoms with Gasteiger partial charge in [0, 0.05) is 29.3 Å². The summed E-state index contributed by atoms with van der Waals surface area (Å²) in [5, 5.41) is 0. The lowest BCUT2D eigenvalue weighted by atomic mass is 10.2. The van der Waals surface area contributed by atoms with Crippen molar-refractivity contribution in [1.82, 2.24) is 4.98 Å². The molecule has 0 N–H and O–H groups in total. The van der Waals surface area contributed by atoms with E-state index >= 15 is 0 Å². The fourth-order valence-corrected chi connectivity index (χ4v) is 2.04. The monoisotopic (exact) mass is 265 g/mol. The predicted molar refractivity (Wildman–Crippen MR) is 65.7 cm³/mol. The maximum Gasteiger partial charge on any atom is 0.123 e. The minimum Gasteiger partial charge on any atom is -0.755 e. The maximum absolute atomic E-state index is 12.8. The van der Waals surface area contributed by atoms with E-state index in [0.717, 1.165) is 9.87 Å². The maximum atomic E-state index is 12.8. The van der Waals surface area contributed by atoms with Gasteiger partial charge in [0.25, 0.3) is 0 Å². The Balaban J connectivity index is 2.24. The number of nitrogens with zero attached hydrogens (tertiary/aromatic N) is 2. The fourth-order valence-electron chi connectivity index (χ4n) is 1.49. The highest BCUT2D eigenvalue weighted by molar-refractivity contribution is 7.80. The van der Waals surface area contributed by atoms with Gasteiger partial charge in [-0.3, -0.25) is 13.5 Å². The van der Waals surface area contributed by atoms with E-state index in [9.17, 15) is 13.2 Å². The zero-order valence-corrected chi connectivity index (χ0v) is 10.1. The number of aromatic nitrogens is 1. The van der Waals surface area contributed by atoms with Gasteiger partial charge in [0.1, 0.15) is 5.82 Å². The van der Waals surface area contributed by atoms with Gasteiger partial charge in [-0.25, -0.2) is 4.39 Å². The molecule has 6 heteroatoms. The summed E-state index contributed by atoms with van der Waals surface area (Å²) < 4.78 is 36.3. The molecule has 0 amide bonds. The van der Waals surface area contributed by atoms with Crippen LogP contribution in [0, 0.1) is 5.82 Å². The Hall–Kier alpha value is -1.79. The highest BCUT2D eigenvalue weighted by Crippen LogP contribution is 2.18. The summed E-state index contributed by atoms with van der Waals surface area (Å²) in [6, 6.07) is 8.78. The summed E-state index contributed by atoms with van der Waals surface area (Å²) >= 11 is -2.43. The molecule has 94 valence electrons. The molecule has 2 aromatic rings. The normalized spacial score (nSPS) is 12.1. The molecule has 0 saturated heterocycles. The molecule has 0 spiro atoms. The van der Waals surface area contributed by atoms with Crippen LogP contribution in [0.2, 0.25) is 0 Å². The van der Waals surface area contributed by atoms with Crippen LogP contribution in [-0.2, 0) is 17.8 Å². The van der Waals surface area contributed by atoms with Gasteiger partial charge in [0.2, 0.25) is 0 Å². The van der Waals surface area contributed by atoms with Crippen molar-refractivity contribution in [3.05, 3.63) is 60.2 Å². The third kappa shape index (κ3) is 3.12. The van der Waals surface area contributed by atoms with Crippen molar-refractivity contribution in [3.63, 3.8) is 0 Å². The summed E-state index contributed by atoms with van der Waals surface area (Å²) in [7, 11) is 0. The van der Waals surface area contributed by atoms with Crippen LogP contribution in [0.1, 0.15) is 5.56 Å². The van der Waals surface area contributed by atoms with Crippen LogP contribution in [0.25, 0.3) is 0 Å². The van der Waals surface area contributed by atoms with E-state index in [1.54, 1.807) is 24.5 Å². The van der Waals surface area contributed by atoms with E-state index < -0.39 is 17.1 Å². The highest BCUT2D eigenvalue weighted by atomic mass is 32.2. The van der Waals surface area contributed by atoms with E-state index in [-0.39, 0.29) is 6.54 Å². The van der Waals surface area contributed by atoms with Crippen LogP contribution in [-0.4, -0.2) is 13.7 Å². The SMILES string of the molecule is O=S([O-])N(Cc1cccnc1)c1ccc(F)cc1. The molecule has 1 aromatic carbocycles. The van der Waals surface area contributed by atoms with Gasteiger partial charge in [-0.15, -0.1) is 0 Å². The number of anilines is 1. The molecule has 1 atom stereocenters. The average Bonchev–Trinajstić information content (AvgIpc) is 2.38. The van der Waals surface area contributed by atoms with Crippen molar-refractivity contribution in [2.24, 2.45) is 0 Å². The van der Waals surface area contributed by atoms with Crippen LogP contribution < -0.4 is 4.31 Å². The lowest BCUT2D eigenvalue weighted by Crippen LogP contribution is -2.24. The molecule has 0 saturated carbocycles. The predicted octanol–water partition coefficient (Wildman–Crippen LogP) is 2.02. The first kappa shape index (κ1) is 12.7. The van der Waals surface area contributed by atoms with Gasteiger partial charge < -0.3 is 4.55 Å². The number of benzene rings is 1. The largest absolute Gasteiger partial charge is 0.755 e. The number of hydrogen-bond donors (Lipinski definition) is 0. The summed E-state index contributed by atoms with van der Waals surface area (Å²) in [5.74, 6) is -0.406. The number of rotatable bonds is 4. The first-order valence-electron chi connectivity index (χ1n) is 5.18. The zero-order chi connectivity index (χ0) is 13.0. The first-order valence-corrected chi connectivity index (χ1v) is 6.21. The van der Waals surface area contributed by atoms with Crippen LogP contribution in [0.4, 0.5) is 10.1 Å². The third-order valence-electron chi connectivity index (χ3n) is 2.34. The first-order chi connectivity index (χ1) is 8.66. The Kier molecular flexibility index (Phi) is 4.01. The number of hydrogen-bond acceptors (Lipinski definition) is 3. The van der Waals surface area contributed by atoms with Crippen molar-refractivity contribution >= 4 is 17.0 Å². The molecule has 2 rings (SSSR count). The Morgan fingerprint density at radius 1 is 1.28 bits per heavy atom. The third-order valence-corrected chi connectivity index (χ3v) is 3.04. The Labute approximate surface area is 107 Å². The molecule has 1 unspecified atom stereocenters. The second kappa shape index (κ2) is 5.70. The Morgan fingerprint density at radius 2 is 2.00 bits per heavy atom. The summed E-state index contributed by atoms with van der Waals surface area (Å²) in [6.45, 7) is 0.162. The second-order valence-corrected chi connectivity index (χ2v) is 4.47. The lowest BCUT2D eigenvalue weighted by Gasteiger charge is -2.26. The molecule has 4 nitrogen and oxygen atoms in total. The van der Waals surface area contributed by atoms with E-state index in [1.165, 1.54) is 24.3 Å². The zero-order valence-electron chi connectivity index (χ0n) is 9.32. The smallest absolute Gasteiger partial charge is 0.123 e. The quantitative estimate of drug-likeness (QED) is 0.795.